The Labute approximate surface area is 147 Å². The largest absolute Gasteiger partial charge is 0.493 e. The highest BCUT2D eigenvalue weighted by Gasteiger charge is 2.14. The SMILES string of the molecule is CC[C@@H](CO)[NH2+]Cc1cc(Cl)c(OCc2cccnc2)c(OC)c1. The van der Waals surface area contributed by atoms with Crippen molar-refractivity contribution in [1.82, 2.24) is 4.98 Å². The van der Waals surface area contributed by atoms with Gasteiger partial charge in [-0.3, -0.25) is 4.98 Å². The summed E-state index contributed by atoms with van der Waals surface area (Å²) < 4.78 is 11.2. The van der Waals surface area contributed by atoms with Gasteiger partial charge >= 0.3 is 0 Å². The van der Waals surface area contributed by atoms with E-state index in [1.54, 1.807) is 19.5 Å². The third-order valence-electron chi connectivity index (χ3n) is 3.84. The summed E-state index contributed by atoms with van der Waals surface area (Å²) in [6.45, 7) is 3.31. The number of pyridine rings is 1. The molecule has 0 bridgehead atoms. The van der Waals surface area contributed by atoms with Gasteiger partial charge in [0.15, 0.2) is 11.5 Å². The molecule has 0 unspecified atom stereocenters. The van der Waals surface area contributed by atoms with Gasteiger partial charge in [-0.2, -0.15) is 0 Å². The molecule has 0 saturated heterocycles. The number of hydrogen-bond donors (Lipinski definition) is 2. The lowest BCUT2D eigenvalue weighted by Gasteiger charge is -2.15. The van der Waals surface area contributed by atoms with Crippen molar-refractivity contribution in [2.24, 2.45) is 0 Å². The Bertz CT molecular complexity index is 634. The Kier molecular flexibility index (Phi) is 7.31. The molecule has 0 aliphatic rings. The molecule has 24 heavy (non-hydrogen) atoms. The van der Waals surface area contributed by atoms with E-state index in [1.165, 1.54) is 0 Å². The molecule has 2 rings (SSSR count). The van der Waals surface area contributed by atoms with Gasteiger partial charge < -0.3 is 19.9 Å². The highest BCUT2D eigenvalue weighted by atomic mass is 35.5. The third-order valence-corrected chi connectivity index (χ3v) is 4.12. The van der Waals surface area contributed by atoms with Gasteiger partial charge in [0.1, 0.15) is 19.2 Å². The van der Waals surface area contributed by atoms with Gasteiger partial charge in [0.2, 0.25) is 0 Å². The Morgan fingerprint density at radius 3 is 2.79 bits per heavy atom. The van der Waals surface area contributed by atoms with Crippen LogP contribution >= 0.6 is 11.6 Å². The predicted octanol–water partition coefficient (Wildman–Crippen LogP) is 2.16. The molecule has 0 aliphatic carbocycles. The zero-order chi connectivity index (χ0) is 17.4. The number of halogens is 1. The first kappa shape index (κ1) is 18.5. The second kappa shape index (κ2) is 9.47. The highest BCUT2D eigenvalue weighted by Crippen LogP contribution is 2.36. The molecule has 1 atom stereocenters. The maximum Gasteiger partial charge on any atom is 0.180 e. The smallest absolute Gasteiger partial charge is 0.180 e. The van der Waals surface area contributed by atoms with Crippen LogP contribution in [0.1, 0.15) is 24.5 Å². The van der Waals surface area contributed by atoms with Crippen molar-refractivity contribution in [3.05, 3.63) is 52.8 Å². The lowest BCUT2D eigenvalue weighted by Crippen LogP contribution is -2.89. The molecule has 0 radical (unpaired) electrons. The molecule has 0 saturated carbocycles. The van der Waals surface area contributed by atoms with E-state index < -0.39 is 0 Å². The fourth-order valence-electron chi connectivity index (χ4n) is 2.34. The van der Waals surface area contributed by atoms with E-state index in [1.807, 2.05) is 24.3 Å². The zero-order valence-corrected chi connectivity index (χ0v) is 14.8. The number of methoxy groups -OCH3 is 1. The van der Waals surface area contributed by atoms with Crippen LogP contribution in [0.25, 0.3) is 0 Å². The Morgan fingerprint density at radius 2 is 2.17 bits per heavy atom. The molecule has 6 heteroatoms. The highest BCUT2D eigenvalue weighted by molar-refractivity contribution is 6.32. The van der Waals surface area contributed by atoms with Crippen LogP contribution in [0.4, 0.5) is 0 Å². The maximum atomic E-state index is 9.27. The number of nitrogens with zero attached hydrogens (tertiary/aromatic N) is 1. The summed E-state index contributed by atoms with van der Waals surface area (Å²) in [5.74, 6) is 1.13. The molecule has 0 spiro atoms. The van der Waals surface area contributed by atoms with Gasteiger partial charge in [-0.15, -0.1) is 0 Å². The summed E-state index contributed by atoms with van der Waals surface area (Å²) in [6, 6.07) is 7.79. The number of rotatable bonds is 9. The summed E-state index contributed by atoms with van der Waals surface area (Å²) in [4.78, 5) is 4.06. The summed E-state index contributed by atoms with van der Waals surface area (Å²) in [5, 5.41) is 11.9. The van der Waals surface area contributed by atoms with Gasteiger partial charge in [0, 0.05) is 23.5 Å². The number of ether oxygens (including phenoxy) is 2. The van der Waals surface area contributed by atoms with Crippen LogP contribution in [0.5, 0.6) is 11.5 Å². The van der Waals surface area contributed by atoms with E-state index in [0.29, 0.717) is 23.1 Å². The fraction of sp³-hybridized carbons (Fsp3) is 0.389. The first-order chi connectivity index (χ1) is 11.7. The number of aromatic nitrogens is 1. The van der Waals surface area contributed by atoms with Crippen molar-refractivity contribution in [1.29, 1.82) is 0 Å². The van der Waals surface area contributed by atoms with E-state index in [-0.39, 0.29) is 12.6 Å². The van der Waals surface area contributed by atoms with Crippen LogP contribution in [0, 0.1) is 0 Å². The van der Waals surface area contributed by atoms with Crippen LogP contribution < -0.4 is 14.8 Å². The standard InChI is InChI=1S/C18H23ClN2O3/c1-3-15(11-22)21-10-14-7-16(19)18(17(8-14)23-2)24-12-13-5-4-6-20-9-13/h4-9,15,21-22H,3,10-12H2,1-2H3/p+1/t15-/m0/s1. The monoisotopic (exact) mass is 351 g/mol. The summed E-state index contributed by atoms with van der Waals surface area (Å²) >= 11 is 6.38. The first-order valence-corrected chi connectivity index (χ1v) is 8.38. The van der Waals surface area contributed by atoms with Crippen molar-refractivity contribution in [2.45, 2.75) is 32.5 Å². The molecule has 1 aromatic heterocycles. The third kappa shape index (κ3) is 5.09. The molecular formula is C18H24ClN2O3+. The number of aliphatic hydroxyl groups is 1. The molecule has 0 aliphatic heterocycles. The normalized spacial score (nSPS) is 12.0. The molecule has 1 heterocycles. The quantitative estimate of drug-likeness (QED) is 0.726. The second-order valence-electron chi connectivity index (χ2n) is 5.55. The molecule has 2 aromatic rings. The first-order valence-electron chi connectivity index (χ1n) is 8.00. The lowest BCUT2D eigenvalue weighted by atomic mass is 10.1. The molecular weight excluding hydrogens is 328 g/mol. The second-order valence-corrected chi connectivity index (χ2v) is 5.96. The Balaban J connectivity index is 2.09. The van der Waals surface area contributed by atoms with Crippen molar-refractivity contribution in [3.8, 4) is 11.5 Å². The van der Waals surface area contributed by atoms with Crippen molar-refractivity contribution in [2.75, 3.05) is 13.7 Å². The van der Waals surface area contributed by atoms with Crippen molar-refractivity contribution < 1.29 is 19.9 Å². The van der Waals surface area contributed by atoms with Crippen LogP contribution in [-0.4, -0.2) is 29.8 Å². The van der Waals surface area contributed by atoms with Crippen molar-refractivity contribution >= 4 is 11.6 Å². The van der Waals surface area contributed by atoms with Gasteiger partial charge in [-0.25, -0.2) is 0 Å². The van der Waals surface area contributed by atoms with Gasteiger partial charge in [0.25, 0.3) is 0 Å². The van der Waals surface area contributed by atoms with E-state index in [4.69, 9.17) is 21.1 Å². The molecule has 0 fully saturated rings. The average Bonchev–Trinajstić information content (AvgIpc) is 2.62. The van der Waals surface area contributed by atoms with Gasteiger partial charge in [0.05, 0.1) is 18.7 Å². The van der Waals surface area contributed by atoms with Crippen molar-refractivity contribution in [3.63, 3.8) is 0 Å². The molecule has 3 N–H and O–H groups in total. The number of nitrogens with two attached hydrogens (primary N) is 1. The summed E-state index contributed by atoms with van der Waals surface area (Å²) in [5.41, 5.74) is 1.99. The number of benzene rings is 1. The topological polar surface area (TPSA) is 68.2 Å². The minimum Gasteiger partial charge on any atom is -0.493 e. The van der Waals surface area contributed by atoms with E-state index in [9.17, 15) is 5.11 Å². The fourth-order valence-corrected chi connectivity index (χ4v) is 2.63. The van der Waals surface area contributed by atoms with E-state index in [0.717, 1.165) is 24.1 Å². The number of quaternary nitrogens is 1. The minimum absolute atomic E-state index is 0.160. The van der Waals surface area contributed by atoms with Crippen LogP contribution in [-0.2, 0) is 13.2 Å². The van der Waals surface area contributed by atoms with E-state index >= 15 is 0 Å². The lowest BCUT2D eigenvalue weighted by molar-refractivity contribution is -0.706. The van der Waals surface area contributed by atoms with E-state index in [2.05, 4.69) is 17.2 Å². The predicted molar refractivity (Wildman–Crippen MR) is 93.4 cm³/mol. The molecule has 1 aromatic carbocycles. The Hall–Kier alpha value is -1.82. The molecule has 130 valence electrons. The van der Waals surface area contributed by atoms with Crippen LogP contribution in [0.3, 0.4) is 0 Å². The number of hydrogen-bond acceptors (Lipinski definition) is 4. The maximum absolute atomic E-state index is 9.27. The summed E-state index contributed by atoms with van der Waals surface area (Å²) in [6.07, 6.45) is 4.38. The van der Waals surface area contributed by atoms with Gasteiger partial charge in [-0.05, 0) is 24.6 Å². The number of aliphatic hydroxyl groups excluding tert-OH is 1. The minimum atomic E-state index is 0.160. The Morgan fingerprint density at radius 1 is 1.33 bits per heavy atom. The summed E-state index contributed by atoms with van der Waals surface area (Å²) in [7, 11) is 1.60. The molecule has 0 amide bonds. The average molecular weight is 352 g/mol. The zero-order valence-electron chi connectivity index (χ0n) is 14.0. The van der Waals surface area contributed by atoms with Gasteiger partial charge in [-0.1, -0.05) is 24.6 Å². The van der Waals surface area contributed by atoms with Crippen LogP contribution in [0.15, 0.2) is 36.7 Å². The van der Waals surface area contributed by atoms with Crippen LogP contribution in [0.2, 0.25) is 5.02 Å². The molecule has 5 nitrogen and oxygen atoms in total.